The number of benzene rings is 8. The predicted octanol–water partition coefficient (Wildman–Crippen LogP) is 21.5. The molecule has 5 heterocycles. The van der Waals surface area contributed by atoms with E-state index in [0.717, 1.165) is 55.0 Å². The van der Waals surface area contributed by atoms with Crippen molar-refractivity contribution in [2.24, 2.45) is 0 Å². The highest BCUT2D eigenvalue weighted by Crippen LogP contribution is 2.55. The van der Waals surface area contributed by atoms with E-state index in [-0.39, 0.29) is 115 Å². The molecule has 5 aliphatic heterocycles. The average molecular weight is 1940 g/mol. The largest absolute Gasteiger partial charge is 0.490 e. The molecule has 13 rings (SSSR count). The molecular formula is C88H100Cl4F8O19S4Si2. The van der Waals surface area contributed by atoms with Crippen LogP contribution in [-0.4, -0.2) is 143 Å². The second-order valence-corrected chi connectivity index (χ2v) is 52.7. The topological polar surface area (TPSA) is 260 Å². The van der Waals surface area contributed by atoms with Crippen LogP contribution in [0.15, 0.2) is 177 Å². The third-order valence-electron chi connectivity index (χ3n) is 22.3. The number of rotatable bonds is 22. The van der Waals surface area contributed by atoms with Crippen LogP contribution in [0.5, 0.6) is 23.0 Å². The van der Waals surface area contributed by atoms with Gasteiger partial charge in [0, 0.05) is 46.3 Å². The Bertz CT molecular complexity index is 5720. The third-order valence-corrected chi connectivity index (χ3v) is 40.7. The number of halogens is 12. The lowest BCUT2D eigenvalue weighted by molar-refractivity contribution is -0.0940. The van der Waals surface area contributed by atoms with Crippen molar-refractivity contribution in [1.29, 1.82) is 0 Å². The molecule has 0 aliphatic carbocycles. The van der Waals surface area contributed by atoms with Gasteiger partial charge in [-0.05, 0) is 241 Å². The molecule has 0 saturated carbocycles. The van der Waals surface area contributed by atoms with Crippen molar-refractivity contribution in [2.45, 2.75) is 204 Å². The Morgan fingerprint density at radius 1 is 0.504 bits per heavy atom. The van der Waals surface area contributed by atoms with Crippen LogP contribution in [0, 0.1) is 46.5 Å². The van der Waals surface area contributed by atoms with Crippen molar-refractivity contribution in [2.75, 3.05) is 46.2 Å². The molecule has 8 aromatic carbocycles. The number of aliphatic hydroxyl groups is 2. The molecule has 37 heteroatoms. The Morgan fingerprint density at radius 3 is 1.44 bits per heavy atom. The van der Waals surface area contributed by atoms with E-state index in [1.165, 1.54) is 103 Å². The zero-order valence-corrected chi connectivity index (χ0v) is 79.3. The zero-order chi connectivity index (χ0) is 92.7. The maximum atomic E-state index is 14.9. The molecule has 0 aromatic heterocycles. The Hall–Kier alpha value is -7.17. The van der Waals surface area contributed by atoms with Crippen molar-refractivity contribution in [3.8, 4) is 23.0 Å². The molecule has 2 unspecified atom stereocenters. The first kappa shape index (κ1) is 102. The fourth-order valence-corrected chi connectivity index (χ4v) is 23.2. The Kier molecular flexibility index (Phi) is 33.6. The number of hydrogen-bond donors (Lipinski definition) is 2. The summed E-state index contributed by atoms with van der Waals surface area (Å²) in [6, 6.07) is 29.1. The van der Waals surface area contributed by atoms with Gasteiger partial charge < -0.3 is 52.2 Å². The number of sulfone groups is 4. The van der Waals surface area contributed by atoms with Gasteiger partial charge in [0.15, 0.2) is 88.3 Å². The molecule has 125 heavy (non-hydrogen) atoms. The monoisotopic (exact) mass is 1940 g/mol. The first-order valence-electron chi connectivity index (χ1n) is 39.7. The van der Waals surface area contributed by atoms with Gasteiger partial charge in [0.2, 0.25) is 19.7 Å². The lowest BCUT2D eigenvalue weighted by Gasteiger charge is -2.48. The van der Waals surface area contributed by atoms with Gasteiger partial charge in [0.1, 0.15) is 76.8 Å². The molecule has 2 N–H and O–H groups in total. The first-order chi connectivity index (χ1) is 58.2. The molecule has 682 valence electrons. The molecular weight excluding hydrogens is 1840 g/mol. The van der Waals surface area contributed by atoms with E-state index in [1.807, 2.05) is 6.92 Å². The van der Waals surface area contributed by atoms with Crippen LogP contribution < -0.4 is 18.9 Å². The summed E-state index contributed by atoms with van der Waals surface area (Å²) in [5.41, 5.74) is -1.56. The van der Waals surface area contributed by atoms with Crippen molar-refractivity contribution in [3.63, 3.8) is 0 Å². The molecule has 1 fully saturated rings. The van der Waals surface area contributed by atoms with E-state index in [4.69, 9.17) is 98.6 Å². The second kappa shape index (κ2) is 41.3. The molecule has 0 radical (unpaired) electrons. The maximum Gasteiger partial charge on any atom is 0.210 e. The zero-order valence-electron chi connectivity index (χ0n) is 71.0. The van der Waals surface area contributed by atoms with Crippen LogP contribution >= 0.6 is 46.4 Å². The van der Waals surface area contributed by atoms with Gasteiger partial charge in [-0.3, -0.25) is 0 Å². The van der Waals surface area contributed by atoms with Crippen LogP contribution in [-0.2, 0) is 67.2 Å². The highest BCUT2D eigenvalue weighted by molar-refractivity contribution is 8.01. The van der Waals surface area contributed by atoms with E-state index >= 15 is 0 Å². The van der Waals surface area contributed by atoms with Crippen molar-refractivity contribution < 1.29 is 121 Å². The number of aliphatic hydroxyl groups excluding tert-OH is 2. The normalized spacial score (nSPS) is 18.9. The summed E-state index contributed by atoms with van der Waals surface area (Å²) in [5, 5.41) is 18.4. The lowest BCUT2D eigenvalue weighted by atomic mass is 9.82. The van der Waals surface area contributed by atoms with Gasteiger partial charge in [-0.1, -0.05) is 87.9 Å². The second-order valence-electron chi connectivity index (χ2n) is 33.2. The van der Waals surface area contributed by atoms with Crippen molar-refractivity contribution in [3.05, 3.63) is 246 Å². The smallest absolute Gasteiger partial charge is 0.210 e. The van der Waals surface area contributed by atoms with Gasteiger partial charge in [0.05, 0.1) is 71.2 Å². The standard InChI is InChI=1S/C25H31ClF2O5SSi.C19H19ClF2O5S.C19H17ClF2O4S.C15H9ClF2O3S.C10H24O2Si/c1-16(13-14-32-35(5,6)25(2,3)4)33-21-15-31-23-20(28)12-11-19(27)22(23)24(21)34(29,30)18-9-7-17(26)8-10-18;1-11(8-9-23)27-16-10-26-18-15(22)7-6-14(21)17(18)19(16)28(24,25)13-4-2-12(20)3-5-13;1-11-8-9-19(27(23,24)13-4-2-12(20)3-5-13)16(26-11)10-25-18-15(22)7-6-14(21)17(18)19;16-9-1-3-10(4-2-9)22(19,20)13-7-8-21-15-12(18)6-5-11(17)14(13)15;1-9(11)7-8-12-13(5,6)10(2,3)4/h7-12,16H,13-15H2,1-6H3;2-7,11,16,19,23H,8-10H2,1H3;2-7,11,16H,8-10H2,1H3;1-7H,8H2;9,11H,7-8H2,1-6H3/t16-;11-,16?,19?;11-,16-,19+;;9-/m111.1/s1. The van der Waals surface area contributed by atoms with Crippen LogP contribution in [0.2, 0.25) is 56.4 Å². The van der Waals surface area contributed by atoms with Crippen molar-refractivity contribution >= 4 is 112 Å². The van der Waals surface area contributed by atoms with Gasteiger partial charge in [-0.15, -0.1) is 0 Å². The summed E-state index contributed by atoms with van der Waals surface area (Å²) in [7, 11) is -20.2. The number of hydrogen-bond acceptors (Lipinski definition) is 19. The summed E-state index contributed by atoms with van der Waals surface area (Å²) in [6.07, 6.45) is -0.315. The van der Waals surface area contributed by atoms with E-state index in [9.17, 15) is 68.8 Å². The highest BCUT2D eigenvalue weighted by atomic mass is 35.5. The molecule has 19 nitrogen and oxygen atoms in total. The summed E-state index contributed by atoms with van der Waals surface area (Å²) >= 11 is 23.4. The maximum absolute atomic E-state index is 14.9. The van der Waals surface area contributed by atoms with Gasteiger partial charge >= 0.3 is 0 Å². The Balaban J connectivity index is 0.000000182. The first-order valence-corrected chi connectivity index (χ1v) is 53.0. The third kappa shape index (κ3) is 23.2. The molecule has 8 aromatic rings. The number of ether oxygens (including phenoxy) is 7. The lowest BCUT2D eigenvalue weighted by Crippen LogP contribution is -2.57. The van der Waals surface area contributed by atoms with Crippen LogP contribution in [0.1, 0.15) is 129 Å². The van der Waals surface area contributed by atoms with Gasteiger partial charge in [0.25, 0.3) is 0 Å². The van der Waals surface area contributed by atoms with Crippen LogP contribution in [0.25, 0.3) is 9.81 Å². The Morgan fingerprint density at radius 2 is 0.936 bits per heavy atom. The summed E-state index contributed by atoms with van der Waals surface area (Å²) < 4.78 is 271. The minimum absolute atomic E-state index is 0.0217. The molecule has 8 atom stereocenters. The molecule has 0 bridgehead atoms. The van der Waals surface area contributed by atoms with Crippen LogP contribution in [0.4, 0.5) is 35.1 Å². The molecule has 1 saturated heterocycles. The molecule has 0 spiro atoms. The molecule has 5 aliphatic rings. The fourth-order valence-electron chi connectivity index (χ4n) is 13.4. The van der Waals surface area contributed by atoms with Crippen molar-refractivity contribution in [1.82, 2.24) is 0 Å². The summed E-state index contributed by atoms with van der Waals surface area (Å²) in [6.45, 7) is 28.9. The molecule has 0 amide bonds. The minimum atomic E-state index is -4.30. The fraction of sp³-hybridized carbons (Fsp3) is 0.409. The minimum Gasteiger partial charge on any atom is -0.490 e. The van der Waals surface area contributed by atoms with Gasteiger partial charge in [-0.25, -0.2) is 68.8 Å². The highest BCUT2D eigenvalue weighted by Gasteiger charge is 2.61. The van der Waals surface area contributed by atoms with Gasteiger partial charge in [-0.2, -0.15) is 0 Å². The summed E-state index contributed by atoms with van der Waals surface area (Å²) in [5.74, 6) is -8.57. The summed E-state index contributed by atoms with van der Waals surface area (Å²) in [4.78, 5) is -1.06. The van der Waals surface area contributed by atoms with E-state index in [1.54, 1.807) is 20.8 Å². The van der Waals surface area contributed by atoms with E-state index in [2.05, 4.69) is 67.7 Å². The quantitative estimate of drug-likeness (QED) is 0.0472. The SMILES string of the molecule is C[C@@H](O)CCO[Si](C)(C)C(C)(C)C.C[C@@H]1CC[C@@]2(S(=O)(=O)c3ccc(Cl)cc3)c3c(F)ccc(F)c3OC[C@H]2O1.C[C@H](CCO)OC1COc2c(F)ccc(F)c2C1S(=O)(=O)c1ccc(Cl)cc1.C[C@H](CCO[Si](C)(C)C(C)(C)C)OC1=C(S(=O)(=O)c2ccc(Cl)cc2)c2c(F)ccc(F)c2OC1.O=S(=O)(C1=CCOc2c(F)ccc(F)c21)c1ccc(Cl)cc1. The number of fused-ring (bicyclic) bond motifs is 6. The predicted molar refractivity (Wildman–Crippen MR) is 469 cm³/mol. The average Bonchev–Trinajstić information content (AvgIpc) is 0.697. The Labute approximate surface area is 747 Å². The van der Waals surface area contributed by atoms with Crippen LogP contribution in [0.3, 0.4) is 0 Å². The van der Waals surface area contributed by atoms with E-state index in [0.29, 0.717) is 46.1 Å². The van der Waals surface area contributed by atoms with E-state index < -0.39 is 170 Å².